The molecule has 3 N–H and O–H groups in total. The van der Waals surface area contributed by atoms with E-state index in [0.29, 0.717) is 29.4 Å². The van der Waals surface area contributed by atoms with Gasteiger partial charge in [-0.2, -0.15) is 0 Å². The highest BCUT2D eigenvalue weighted by atomic mass is 35.5. The predicted octanol–water partition coefficient (Wildman–Crippen LogP) is 1.13. The number of nitrogens with zero attached hydrogens (tertiary/aromatic N) is 1. The van der Waals surface area contributed by atoms with Gasteiger partial charge in [-0.1, -0.05) is 23.7 Å². The quantitative estimate of drug-likeness (QED) is 0.813. The number of carboxylic acids is 1. The molecular weight excluding hydrogens is 296 g/mol. The number of aliphatic carboxylic acids is 1. The lowest BCUT2D eigenvalue weighted by Gasteiger charge is -2.36. The van der Waals surface area contributed by atoms with Crippen molar-refractivity contribution in [3.63, 3.8) is 0 Å². The number of primary amides is 1. The number of carbonyl (C=O) groups excluding carboxylic acids is 1. The minimum Gasteiger partial charge on any atom is -0.478 e. The number of nitrogens with two attached hydrogens (primary N) is 1. The summed E-state index contributed by atoms with van der Waals surface area (Å²) in [5, 5.41) is 9.18. The number of halogens is 1. The SMILES string of the molecule is NC(=O)C1COCCN1c1c(Cl)cccc1/C=C/C(=O)O. The van der Waals surface area contributed by atoms with E-state index in [1.165, 1.54) is 6.08 Å². The monoisotopic (exact) mass is 310 g/mol. The van der Waals surface area contributed by atoms with Gasteiger partial charge in [-0.15, -0.1) is 0 Å². The van der Waals surface area contributed by atoms with Crippen molar-refractivity contribution in [1.82, 2.24) is 0 Å². The fourth-order valence-corrected chi connectivity index (χ4v) is 2.53. The molecule has 0 bridgehead atoms. The van der Waals surface area contributed by atoms with Crippen molar-refractivity contribution in [2.24, 2.45) is 5.73 Å². The molecule has 1 aromatic carbocycles. The van der Waals surface area contributed by atoms with Crippen LogP contribution in [0.25, 0.3) is 6.08 Å². The van der Waals surface area contributed by atoms with Crippen LogP contribution in [0, 0.1) is 0 Å². The van der Waals surface area contributed by atoms with Crippen LogP contribution in [0.2, 0.25) is 5.02 Å². The summed E-state index contributed by atoms with van der Waals surface area (Å²) in [6.45, 7) is 1.07. The molecule has 1 atom stereocenters. The van der Waals surface area contributed by atoms with Gasteiger partial charge >= 0.3 is 5.97 Å². The predicted molar refractivity (Wildman–Crippen MR) is 79.3 cm³/mol. The standard InChI is InChI=1S/C14H15ClN2O4/c15-10-3-1-2-9(4-5-12(18)19)13(10)17-6-7-21-8-11(17)14(16)20/h1-5,11H,6-8H2,(H2,16,20)(H,18,19)/b5-4+. The Morgan fingerprint density at radius 1 is 1.48 bits per heavy atom. The van der Waals surface area contributed by atoms with E-state index in [1.54, 1.807) is 23.1 Å². The number of amides is 1. The van der Waals surface area contributed by atoms with Crippen LogP contribution >= 0.6 is 11.6 Å². The van der Waals surface area contributed by atoms with Crippen molar-refractivity contribution >= 4 is 35.2 Å². The average Bonchev–Trinajstić information content (AvgIpc) is 2.45. The summed E-state index contributed by atoms with van der Waals surface area (Å²) >= 11 is 6.23. The number of carbonyl (C=O) groups is 2. The molecule has 21 heavy (non-hydrogen) atoms. The molecule has 112 valence electrons. The van der Waals surface area contributed by atoms with Gasteiger partial charge in [0.15, 0.2) is 0 Å². The Bertz CT molecular complexity index is 588. The number of benzene rings is 1. The lowest BCUT2D eigenvalue weighted by atomic mass is 10.1. The second kappa shape index (κ2) is 6.60. The van der Waals surface area contributed by atoms with Crippen LogP contribution in [0.4, 0.5) is 5.69 Å². The Morgan fingerprint density at radius 3 is 2.90 bits per heavy atom. The van der Waals surface area contributed by atoms with Gasteiger partial charge in [0.25, 0.3) is 0 Å². The van der Waals surface area contributed by atoms with Crippen LogP contribution in [-0.2, 0) is 14.3 Å². The molecule has 1 aliphatic rings. The lowest BCUT2D eigenvalue weighted by molar-refractivity contribution is -0.131. The zero-order valence-corrected chi connectivity index (χ0v) is 11.9. The van der Waals surface area contributed by atoms with Crippen molar-refractivity contribution in [3.05, 3.63) is 34.9 Å². The minimum atomic E-state index is -1.06. The fourth-order valence-electron chi connectivity index (χ4n) is 2.24. The number of ether oxygens (including phenoxy) is 1. The van der Waals surface area contributed by atoms with Crippen molar-refractivity contribution in [3.8, 4) is 0 Å². The van der Waals surface area contributed by atoms with E-state index in [2.05, 4.69) is 0 Å². The van der Waals surface area contributed by atoms with Gasteiger partial charge in [-0.3, -0.25) is 4.79 Å². The highest BCUT2D eigenvalue weighted by molar-refractivity contribution is 6.33. The van der Waals surface area contributed by atoms with Gasteiger partial charge in [0.2, 0.25) is 5.91 Å². The molecule has 1 unspecified atom stereocenters. The van der Waals surface area contributed by atoms with Gasteiger partial charge in [0.1, 0.15) is 6.04 Å². The maximum absolute atomic E-state index is 11.6. The molecule has 6 nitrogen and oxygen atoms in total. The number of carboxylic acid groups (broad SMARTS) is 1. The fraction of sp³-hybridized carbons (Fsp3) is 0.286. The summed E-state index contributed by atoms with van der Waals surface area (Å²) in [7, 11) is 0. The lowest BCUT2D eigenvalue weighted by Crippen LogP contribution is -2.53. The smallest absolute Gasteiger partial charge is 0.328 e. The maximum Gasteiger partial charge on any atom is 0.328 e. The van der Waals surface area contributed by atoms with Crippen molar-refractivity contribution in [2.45, 2.75) is 6.04 Å². The van der Waals surface area contributed by atoms with Crippen molar-refractivity contribution < 1.29 is 19.4 Å². The molecule has 1 heterocycles. The first kappa shape index (κ1) is 15.3. The van der Waals surface area contributed by atoms with E-state index < -0.39 is 17.9 Å². The molecule has 0 saturated carbocycles. The third kappa shape index (κ3) is 3.53. The molecule has 2 rings (SSSR count). The molecule has 7 heteroatoms. The molecule has 1 amide bonds. The Labute approximate surface area is 126 Å². The molecular formula is C14H15ClN2O4. The van der Waals surface area contributed by atoms with Gasteiger partial charge in [0.05, 0.1) is 23.9 Å². The highest BCUT2D eigenvalue weighted by Gasteiger charge is 2.30. The number of morpholine rings is 1. The number of anilines is 1. The zero-order chi connectivity index (χ0) is 15.4. The van der Waals surface area contributed by atoms with E-state index in [9.17, 15) is 9.59 Å². The molecule has 1 aliphatic heterocycles. The van der Waals surface area contributed by atoms with Crippen molar-refractivity contribution in [2.75, 3.05) is 24.7 Å². The summed E-state index contributed by atoms with van der Waals surface area (Å²) in [5.74, 6) is -1.57. The van der Waals surface area contributed by atoms with E-state index in [4.69, 9.17) is 27.2 Å². The average molecular weight is 311 g/mol. The van der Waals surface area contributed by atoms with Crippen LogP contribution in [0.15, 0.2) is 24.3 Å². The van der Waals surface area contributed by atoms with Gasteiger partial charge in [-0.25, -0.2) is 4.79 Å². The van der Waals surface area contributed by atoms with Gasteiger partial charge < -0.3 is 20.5 Å². The summed E-state index contributed by atoms with van der Waals surface area (Å²) < 4.78 is 5.28. The molecule has 0 spiro atoms. The van der Waals surface area contributed by atoms with Crippen LogP contribution in [0.5, 0.6) is 0 Å². The Balaban J connectivity index is 2.45. The van der Waals surface area contributed by atoms with Gasteiger partial charge in [0, 0.05) is 12.6 Å². The summed E-state index contributed by atoms with van der Waals surface area (Å²) in [6.07, 6.45) is 2.46. The first-order valence-electron chi connectivity index (χ1n) is 6.34. The number of hydrogen-bond acceptors (Lipinski definition) is 4. The maximum atomic E-state index is 11.6. The molecule has 0 aliphatic carbocycles. The highest BCUT2D eigenvalue weighted by Crippen LogP contribution is 2.33. The molecule has 1 saturated heterocycles. The van der Waals surface area contributed by atoms with Crippen molar-refractivity contribution in [1.29, 1.82) is 0 Å². The van der Waals surface area contributed by atoms with E-state index in [1.807, 2.05) is 0 Å². The summed E-state index contributed by atoms with van der Waals surface area (Å²) in [4.78, 5) is 24.0. The Morgan fingerprint density at radius 2 is 2.24 bits per heavy atom. The summed E-state index contributed by atoms with van der Waals surface area (Å²) in [6, 6.07) is 4.50. The number of hydrogen-bond donors (Lipinski definition) is 2. The second-order valence-corrected chi connectivity index (χ2v) is 4.94. The largest absolute Gasteiger partial charge is 0.478 e. The first-order valence-corrected chi connectivity index (χ1v) is 6.71. The molecule has 1 aromatic rings. The Hall–Kier alpha value is -2.05. The summed E-state index contributed by atoms with van der Waals surface area (Å²) in [5.41, 5.74) is 6.60. The minimum absolute atomic E-state index is 0.183. The Kier molecular flexibility index (Phi) is 4.82. The molecule has 0 aromatic heterocycles. The molecule has 1 fully saturated rings. The number of rotatable bonds is 4. The normalized spacial score (nSPS) is 18.9. The zero-order valence-electron chi connectivity index (χ0n) is 11.2. The van der Waals surface area contributed by atoms with Gasteiger partial charge in [-0.05, 0) is 17.7 Å². The third-order valence-electron chi connectivity index (χ3n) is 3.17. The number of para-hydroxylation sites is 1. The first-order chi connectivity index (χ1) is 10.0. The van der Waals surface area contributed by atoms with E-state index >= 15 is 0 Å². The topological polar surface area (TPSA) is 92.9 Å². The van der Waals surface area contributed by atoms with E-state index in [0.717, 1.165) is 6.08 Å². The van der Waals surface area contributed by atoms with Crippen LogP contribution in [-0.4, -0.2) is 42.8 Å². The van der Waals surface area contributed by atoms with Crippen LogP contribution < -0.4 is 10.6 Å². The van der Waals surface area contributed by atoms with E-state index in [-0.39, 0.29) is 6.61 Å². The molecule has 0 radical (unpaired) electrons. The van der Waals surface area contributed by atoms with Crippen LogP contribution in [0.1, 0.15) is 5.56 Å². The van der Waals surface area contributed by atoms with Crippen LogP contribution in [0.3, 0.4) is 0 Å². The second-order valence-electron chi connectivity index (χ2n) is 4.54. The third-order valence-corrected chi connectivity index (χ3v) is 3.47.